The summed E-state index contributed by atoms with van der Waals surface area (Å²) in [5, 5.41) is 8.62. The average molecular weight is 260 g/mol. The molecule has 17 heavy (non-hydrogen) atoms. The fraction of sp³-hybridized carbons (Fsp3) is 0.273. The van der Waals surface area contributed by atoms with Crippen molar-refractivity contribution in [1.82, 2.24) is 0 Å². The number of hydrogen-bond donors (Lipinski definition) is 2. The maximum absolute atomic E-state index is 10.6. The molecule has 0 aliphatic carbocycles. The summed E-state index contributed by atoms with van der Waals surface area (Å²) in [5.41, 5.74) is 6.17. The highest BCUT2D eigenvalue weighted by Gasteiger charge is 2.11. The van der Waals surface area contributed by atoms with Crippen LogP contribution in [0.15, 0.2) is 24.3 Å². The van der Waals surface area contributed by atoms with Gasteiger partial charge in [0.15, 0.2) is 0 Å². The van der Waals surface area contributed by atoms with Crippen LogP contribution in [0.2, 0.25) is 0 Å². The molecule has 1 aromatic rings. The van der Waals surface area contributed by atoms with E-state index in [0.29, 0.717) is 5.75 Å². The van der Waals surface area contributed by atoms with E-state index < -0.39 is 18.0 Å². The lowest BCUT2D eigenvalue weighted by atomic mass is 10.1. The molecule has 0 heterocycles. The number of carboxylic acid groups (broad SMARTS) is 1. The van der Waals surface area contributed by atoms with Crippen molar-refractivity contribution in [3.63, 3.8) is 0 Å². The van der Waals surface area contributed by atoms with Gasteiger partial charge in [-0.05, 0) is 24.1 Å². The lowest BCUT2D eigenvalue weighted by molar-refractivity contribution is -0.138. The van der Waals surface area contributed by atoms with Crippen molar-refractivity contribution in [2.75, 3.05) is 0 Å². The normalized spacial score (nSPS) is 11.2. The van der Waals surface area contributed by atoms with Gasteiger partial charge in [0, 0.05) is 6.92 Å². The Bertz CT molecular complexity index is 391. The number of esters is 1. The van der Waals surface area contributed by atoms with Gasteiger partial charge in [-0.3, -0.25) is 9.59 Å². The molecule has 1 atom stereocenters. The summed E-state index contributed by atoms with van der Waals surface area (Å²) < 4.78 is 4.84. The molecule has 1 rings (SSSR count). The van der Waals surface area contributed by atoms with Gasteiger partial charge in [-0.1, -0.05) is 12.1 Å². The number of aliphatic carboxylic acids is 1. The first-order valence-electron chi connectivity index (χ1n) is 4.75. The Morgan fingerprint density at radius 1 is 1.35 bits per heavy atom. The Balaban J connectivity index is 0.00000256. The average Bonchev–Trinajstić information content (AvgIpc) is 2.20. The van der Waals surface area contributed by atoms with E-state index in [1.165, 1.54) is 6.92 Å². The Kier molecular flexibility index (Phi) is 6.23. The van der Waals surface area contributed by atoms with E-state index in [0.717, 1.165) is 5.56 Å². The van der Waals surface area contributed by atoms with Crippen LogP contribution < -0.4 is 10.5 Å². The first-order valence-corrected chi connectivity index (χ1v) is 4.75. The van der Waals surface area contributed by atoms with Crippen molar-refractivity contribution in [2.45, 2.75) is 19.4 Å². The van der Waals surface area contributed by atoms with Crippen LogP contribution >= 0.6 is 12.4 Å². The third kappa shape index (κ3) is 5.33. The minimum atomic E-state index is -1.04. The number of rotatable bonds is 4. The summed E-state index contributed by atoms with van der Waals surface area (Å²) in [5.74, 6) is -1.00. The van der Waals surface area contributed by atoms with E-state index in [1.807, 2.05) is 0 Å². The van der Waals surface area contributed by atoms with E-state index in [4.69, 9.17) is 15.6 Å². The van der Waals surface area contributed by atoms with Crippen LogP contribution in [0.4, 0.5) is 0 Å². The van der Waals surface area contributed by atoms with E-state index in [9.17, 15) is 9.59 Å². The van der Waals surface area contributed by atoms with Crippen LogP contribution in [0, 0.1) is 0 Å². The molecule has 0 radical (unpaired) electrons. The molecule has 0 aliphatic heterocycles. The number of benzene rings is 1. The molecular weight excluding hydrogens is 246 g/mol. The zero-order valence-electron chi connectivity index (χ0n) is 9.25. The number of carboxylic acids is 1. The maximum Gasteiger partial charge on any atom is 0.320 e. The molecular formula is C11H14ClNO4. The van der Waals surface area contributed by atoms with E-state index in [2.05, 4.69) is 0 Å². The number of ether oxygens (including phenoxy) is 1. The Hall–Kier alpha value is -1.59. The van der Waals surface area contributed by atoms with Gasteiger partial charge < -0.3 is 15.6 Å². The smallest absolute Gasteiger partial charge is 0.320 e. The zero-order valence-corrected chi connectivity index (χ0v) is 10.1. The van der Waals surface area contributed by atoms with Gasteiger partial charge in [0.2, 0.25) is 0 Å². The lowest BCUT2D eigenvalue weighted by Crippen LogP contribution is -2.32. The molecule has 0 saturated carbocycles. The molecule has 0 spiro atoms. The van der Waals surface area contributed by atoms with Gasteiger partial charge in [-0.15, -0.1) is 12.4 Å². The number of halogens is 1. The second-order valence-electron chi connectivity index (χ2n) is 3.39. The maximum atomic E-state index is 10.6. The minimum absolute atomic E-state index is 0. The summed E-state index contributed by atoms with van der Waals surface area (Å²) in [6.07, 6.45) is 0.246. The third-order valence-corrected chi connectivity index (χ3v) is 1.96. The highest BCUT2D eigenvalue weighted by molar-refractivity contribution is 5.85. The monoisotopic (exact) mass is 259 g/mol. The number of carbonyl (C=O) groups is 2. The minimum Gasteiger partial charge on any atom is -0.480 e. The standard InChI is InChI=1S/C11H13NO4.ClH/c1-7(13)16-9-4-2-8(3-5-9)6-10(12)11(14)15;/h2-5,10H,6,12H2,1H3,(H,14,15);1H/t10-;/m0./s1. The zero-order chi connectivity index (χ0) is 12.1. The largest absolute Gasteiger partial charge is 0.480 e. The second-order valence-corrected chi connectivity index (χ2v) is 3.39. The molecule has 94 valence electrons. The van der Waals surface area contributed by atoms with Crippen LogP contribution in [0.25, 0.3) is 0 Å². The van der Waals surface area contributed by atoms with E-state index >= 15 is 0 Å². The predicted molar refractivity (Wildman–Crippen MR) is 64.3 cm³/mol. The molecule has 3 N–H and O–H groups in total. The van der Waals surface area contributed by atoms with E-state index in [1.54, 1.807) is 24.3 Å². The Morgan fingerprint density at radius 3 is 2.29 bits per heavy atom. The molecule has 5 nitrogen and oxygen atoms in total. The lowest BCUT2D eigenvalue weighted by Gasteiger charge is -2.07. The Morgan fingerprint density at radius 2 is 1.88 bits per heavy atom. The van der Waals surface area contributed by atoms with Crippen molar-refractivity contribution in [3.8, 4) is 5.75 Å². The summed E-state index contributed by atoms with van der Waals surface area (Å²) in [6, 6.07) is 5.65. The number of hydrogen-bond acceptors (Lipinski definition) is 4. The predicted octanol–water partition coefficient (Wildman–Crippen LogP) is 0.988. The first-order chi connectivity index (χ1) is 7.49. The third-order valence-electron chi connectivity index (χ3n) is 1.96. The van der Waals surface area contributed by atoms with Gasteiger partial charge in [0.25, 0.3) is 0 Å². The van der Waals surface area contributed by atoms with Crippen molar-refractivity contribution >= 4 is 24.3 Å². The van der Waals surface area contributed by atoms with Crippen molar-refractivity contribution in [1.29, 1.82) is 0 Å². The van der Waals surface area contributed by atoms with Crippen LogP contribution in [-0.2, 0) is 16.0 Å². The van der Waals surface area contributed by atoms with Crippen LogP contribution in [0.5, 0.6) is 5.75 Å². The fourth-order valence-corrected chi connectivity index (χ4v) is 1.20. The fourth-order valence-electron chi connectivity index (χ4n) is 1.20. The molecule has 1 aromatic carbocycles. The molecule has 0 unspecified atom stereocenters. The first kappa shape index (κ1) is 15.4. The van der Waals surface area contributed by atoms with Gasteiger partial charge in [-0.2, -0.15) is 0 Å². The SMILES string of the molecule is CC(=O)Oc1ccc(C[C@H](N)C(=O)O)cc1.Cl. The second kappa shape index (κ2) is 6.88. The highest BCUT2D eigenvalue weighted by atomic mass is 35.5. The molecule has 6 heteroatoms. The summed E-state index contributed by atoms with van der Waals surface area (Å²) in [6.45, 7) is 1.31. The van der Waals surface area contributed by atoms with Crippen molar-refractivity contribution in [3.05, 3.63) is 29.8 Å². The van der Waals surface area contributed by atoms with Crippen LogP contribution in [0.3, 0.4) is 0 Å². The highest BCUT2D eigenvalue weighted by Crippen LogP contribution is 2.13. The van der Waals surface area contributed by atoms with Gasteiger partial charge in [0.1, 0.15) is 11.8 Å². The van der Waals surface area contributed by atoms with Crippen molar-refractivity contribution < 1.29 is 19.4 Å². The van der Waals surface area contributed by atoms with Gasteiger partial charge in [0.05, 0.1) is 0 Å². The molecule has 0 saturated heterocycles. The molecule has 0 bridgehead atoms. The van der Waals surface area contributed by atoms with Crippen LogP contribution in [0.1, 0.15) is 12.5 Å². The van der Waals surface area contributed by atoms with E-state index in [-0.39, 0.29) is 18.8 Å². The van der Waals surface area contributed by atoms with Gasteiger partial charge in [-0.25, -0.2) is 0 Å². The number of nitrogens with two attached hydrogens (primary N) is 1. The molecule has 0 aliphatic rings. The molecule has 0 amide bonds. The topological polar surface area (TPSA) is 89.6 Å². The quantitative estimate of drug-likeness (QED) is 0.622. The van der Waals surface area contributed by atoms with Gasteiger partial charge >= 0.3 is 11.9 Å². The molecule has 0 aromatic heterocycles. The van der Waals surface area contributed by atoms with Crippen molar-refractivity contribution in [2.24, 2.45) is 5.73 Å². The molecule has 0 fully saturated rings. The number of carbonyl (C=O) groups excluding carboxylic acids is 1. The Labute approximate surface area is 105 Å². The summed E-state index contributed by atoms with van der Waals surface area (Å²) >= 11 is 0. The van der Waals surface area contributed by atoms with Crippen LogP contribution in [-0.4, -0.2) is 23.1 Å². The summed E-state index contributed by atoms with van der Waals surface area (Å²) in [7, 11) is 0. The summed E-state index contributed by atoms with van der Waals surface area (Å²) in [4.78, 5) is 21.2.